The molecule has 1 unspecified atom stereocenters. The van der Waals surface area contributed by atoms with Gasteiger partial charge in [0.15, 0.2) is 5.65 Å². The summed E-state index contributed by atoms with van der Waals surface area (Å²) in [5.74, 6) is 1.88. The fourth-order valence-corrected chi connectivity index (χ4v) is 3.43. The van der Waals surface area contributed by atoms with Gasteiger partial charge in [0.25, 0.3) is 0 Å². The van der Waals surface area contributed by atoms with E-state index in [1.54, 1.807) is 0 Å². The first-order chi connectivity index (χ1) is 10.3. The van der Waals surface area contributed by atoms with E-state index < -0.39 is 0 Å². The third kappa shape index (κ3) is 1.95. The van der Waals surface area contributed by atoms with Crippen molar-refractivity contribution in [3.8, 4) is 0 Å². The van der Waals surface area contributed by atoms with Crippen LogP contribution in [0.2, 0.25) is 0 Å². The second-order valence-corrected chi connectivity index (χ2v) is 5.94. The highest BCUT2D eigenvalue weighted by Crippen LogP contribution is 2.37. The summed E-state index contributed by atoms with van der Waals surface area (Å²) >= 11 is 6.09. The maximum atomic E-state index is 6.09. The molecule has 0 spiro atoms. The molecule has 106 valence electrons. The number of rotatable bonds is 3. The number of pyridine rings is 1. The summed E-state index contributed by atoms with van der Waals surface area (Å²) in [5, 5.41) is 0. The molecular weight excluding hydrogens is 282 g/mol. The minimum atomic E-state index is 0.421. The Bertz CT molecular complexity index is 822. The molecular formula is C17H16ClN3. The topological polar surface area (TPSA) is 30.7 Å². The van der Waals surface area contributed by atoms with Crippen LogP contribution >= 0.6 is 11.6 Å². The Hall–Kier alpha value is -1.87. The summed E-state index contributed by atoms with van der Waals surface area (Å²) in [7, 11) is 0. The molecule has 1 atom stereocenters. The zero-order valence-electron chi connectivity index (χ0n) is 11.9. The molecule has 0 fully saturated rings. The van der Waals surface area contributed by atoms with Crippen molar-refractivity contribution in [3.63, 3.8) is 0 Å². The van der Waals surface area contributed by atoms with E-state index >= 15 is 0 Å². The number of hydrogen-bond acceptors (Lipinski definition) is 2. The third-order valence-corrected chi connectivity index (χ3v) is 4.64. The predicted molar refractivity (Wildman–Crippen MR) is 84.7 cm³/mol. The smallest absolute Gasteiger partial charge is 0.160 e. The molecule has 0 saturated carbocycles. The molecule has 0 radical (unpaired) electrons. The summed E-state index contributed by atoms with van der Waals surface area (Å²) < 4.78 is 2.19. The van der Waals surface area contributed by atoms with Crippen LogP contribution in [-0.2, 0) is 18.8 Å². The fraction of sp³-hybridized carbons (Fsp3) is 0.294. The fourth-order valence-electron chi connectivity index (χ4n) is 3.22. The number of alkyl halides is 1. The normalized spacial score (nSPS) is 16.8. The van der Waals surface area contributed by atoms with Crippen molar-refractivity contribution < 1.29 is 0 Å². The Kier molecular flexibility index (Phi) is 2.96. The molecule has 0 amide bonds. The van der Waals surface area contributed by atoms with Gasteiger partial charge in [-0.2, -0.15) is 0 Å². The van der Waals surface area contributed by atoms with Crippen molar-refractivity contribution >= 4 is 22.8 Å². The van der Waals surface area contributed by atoms with Crippen molar-refractivity contribution in [1.29, 1.82) is 0 Å². The lowest BCUT2D eigenvalue weighted by atomic mass is 9.77. The number of halogens is 1. The summed E-state index contributed by atoms with van der Waals surface area (Å²) in [6, 6.07) is 10.7. The van der Waals surface area contributed by atoms with Crippen molar-refractivity contribution in [2.24, 2.45) is 0 Å². The lowest BCUT2D eigenvalue weighted by Crippen LogP contribution is -2.22. The summed E-state index contributed by atoms with van der Waals surface area (Å²) in [6.07, 6.45) is 2.98. The summed E-state index contributed by atoms with van der Waals surface area (Å²) in [5.41, 5.74) is 5.99. The van der Waals surface area contributed by atoms with Crippen molar-refractivity contribution in [2.75, 3.05) is 0 Å². The van der Waals surface area contributed by atoms with Gasteiger partial charge >= 0.3 is 0 Å². The van der Waals surface area contributed by atoms with Gasteiger partial charge < -0.3 is 4.57 Å². The van der Waals surface area contributed by atoms with Crippen LogP contribution in [-0.4, -0.2) is 14.5 Å². The molecule has 3 aromatic rings. The highest BCUT2D eigenvalue weighted by molar-refractivity contribution is 6.16. The standard InChI is InChI=1S/C17H16ClN3/c1-11-6-7-19-17-16(11)20-15(9-18)21(17)10-13-8-12-4-2-3-5-14(12)13/h2-7,13H,8-10H2,1H3. The minimum Gasteiger partial charge on any atom is -0.311 e. The van der Waals surface area contributed by atoms with Gasteiger partial charge in [0.05, 0.1) is 5.88 Å². The van der Waals surface area contributed by atoms with Gasteiger partial charge in [-0.3, -0.25) is 0 Å². The average molecular weight is 298 g/mol. The molecule has 4 rings (SSSR count). The molecule has 1 aliphatic carbocycles. The number of hydrogen-bond donors (Lipinski definition) is 0. The van der Waals surface area contributed by atoms with Gasteiger partial charge in [-0.1, -0.05) is 24.3 Å². The second kappa shape index (κ2) is 4.85. The van der Waals surface area contributed by atoms with Crippen LogP contribution < -0.4 is 0 Å². The SMILES string of the molecule is Cc1ccnc2c1nc(CCl)n2CC1Cc2ccccc21. The highest BCUT2D eigenvalue weighted by atomic mass is 35.5. The molecule has 2 heterocycles. The zero-order valence-corrected chi connectivity index (χ0v) is 12.6. The van der Waals surface area contributed by atoms with Crippen molar-refractivity contribution in [2.45, 2.75) is 31.7 Å². The molecule has 4 heteroatoms. The first-order valence-corrected chi connectivity index (χ1v) is 7.76. The number of nitrogens with zero attached hydrogens (tertiary/aromatic N) is 3. The molecule has 21 heavy (non-hydrogen) atoms. The molecule has 0 aliphatic heterocycles. The highest BCUT2D eigenvalue weighted by Gasteiger charge is 2.27. The maximum Gasteiger partial charge on any atom is 0.160 e. The molecule has 2 aromatic heterocycles. The molecule has 1 aromatic carbocycles. The molecule has 0 N–H and O–H groups in total. The van der Waals surface area contributed by atoms with E-state index in [4.69, 9.17) is 11.6 Å². The minimum absolute atomic E-state index is 0.421. The van der Waals surface area contributed by atoms with Gasteiger partial charge in [-0.15, -0.1) is 11.6 Å². The maximum absolute atomic E-state index is 6.09. The number of fused-ring (bicyclic) bond motifs is 2. The van der Waals surface area contributed by atoms with Crippen LogP contribution in [0.5, 0.6) is 0 Å². The third-order valence-electron chi connectivity index (χ3n) is 4.40. The van der Waals surface area contributed by atoms with Gasteiger partial charge in [0.2, 0.25) is 0 Å². The Morgan fingerprint density at radius 2 is 2.14 bits per heavy atom. The molecule has 3 nitrogen and oxygen atoms in total. The Labute approximate surface area is 128 Å². The lowest BCUT2D eigenvalue weighted by molar-refractivity contribution is 0.506. The molecule has 1 aliphatic rings. The van der Waals surface area contributed by atoms with Crippen molar-refractivity contribution in [1.82, 2.24) is 14.5 Å². The van der Waals surface area contributed by atoms with Gasteiger partial charge in [0.1, 0.15) is 11.3 Å². The van der Waals surface area contributed by atoms with Crippen LogP contribution in [0, 0.1) is 6.92 Å². The van der Waals surface area contributed by atoms with E-state index in [0.717, 1.165) is 35.5 Å². The Morgan fingerprint density at radius 1 is 1.29 bits per heavy atom. The molecule has 0 bridgehead atoms. The number of imidazole rings is 1. The lowest BCUT2D eigenvalue weighted by Gasteiger charge is -2.30. The van der Waals surface area contributed by atoms with E-state index in [1.165, 1.54) is 11.1 Å². The largest absolute Gasteiger partial charge is 0.311 e. The van der Waals surface area contributed by atoms with E-state index in [-0.39, 0.29) is 0 Å². The van der Waals surface area contributed by atoms with E-state index in [2.05, 4.69) is 45.7 Å². The van der Waals surface area contributed by atoms with E-state index in [9.17, 15) is 0 Å². The predicted octanol–water partition coefficient (Wildman–Crippen LogP) is 3.82. The quantitative estimate of drug-likeness (QED) is 0.688. The van der Waals surface area contributed by atoms with E-state index in [1.807, 2.05) is 12.3 Å². The van der Waals surface area contributed by atoms with E-state index in [0.29, 0.717) is 11.8 Å². The van der Waals surface area contributed by atoms with Gasteiger partial charge in [0, 0.05) is 18.7 Å². The van der Waals surface area contributed by atoms with Crippen LogP contribution in [0.15, 0.2) is 36.5 Å². The number of aromatic nitrogens is 3. The van der Waals surface area contributed by atoms with Crippen LogP contribution in [0.4, 0.5) is 0 Å². The van der Waals surface area contributed by atoms with Crippen molar-refractivity contribution in [3.05, 3.63) is 59.0 Å². The summed E-state index contributed by atoms with van der Waals surface area (Å²) in [6.45, 7) is 2.98. The zero-order chi connectivity index (χ0) is 14.4. The van der Waals surface area contributed by atoms with Crippen LogP contribution in [0.1, 0.15) is 28.4 Å². The summed E-state index contributed by atoms with van der Waals surface area (Å²) in [4.78, 5) is 9.19. The van der Waals surface area contributed by atoms with Crippen LogP contribution in [0.25, 0.3) is 11.2 Å². The second-order valence-electron chi connectivity index (χ2n) is 5.67. The monoisotopic (exact) mass is 297 g/mol. The Morgan fingerprint density at radius 3 is 2.95 bits per heavy atom. The average Bonchev–Trinajstić information content (AvgIpc) is 2.84. The first kappa shape index (κ1) is 12.8. The van der Waals surface area contributed by atoms with Crippen LogP contribution in [0.3, 0.4) is 0 Å². The number of aryl methyl sites for hydroxylation is 1. The molecule has 0 saturated heterocycles. The number of benzene rings is 1. The first-order valence-electron chi connectivity index (χ1n) is 7.22. The van der Waals surface area contributed by atoms with Gasteiger partial charge in [-0.05, 0) is 36.1 Å². The van der Waals surface area contributed by atoms with Gasteiger partial charge in [-0.25, -0.2) is 9.97 Å². The Balaban J connectivity index is 1.76.